The second-order valence-corrected chi connectivity index (χ2v) is 7.88. The predicted molar refractivity (Wildman–Crippen MR) is 66.9 cm³/mol. The quantitative estimate of drug-likeness (QED) is 0.860. The fraction of sp³-hybridized carbons (Fsp3) is 0.750. The minimum Gasteiger partial charge on any atom is -0.476 e. The molecule has 1 aromatic heterocycles. The molecule has 2 aliphatic carbocycles. The van der Waals surface area contributed by atoms with Gasteiger partial charge in [-0.1, -0.05) is 6.92 Å². The van der Waals surface area contributed by atoms with Crippen molar-refractivity contribution < 1.29 is 13.2 Å². The number of aromatic nitrogens is 2. The van der Waals surface area contributed by atoms with Crippen molar-refractivity contribution in [3.8, 4) is 5.88 Å². The first-order valence-electron chi connectivity index (χ1n) is 6.62. The molecule has 0 bridgehead atoms. The summed E-state index contributed by atoms with van der Waals surface area (Å²) in [4.78, 5) is -0.000611. The molecule has 2 heterocycles. The maximum atomic E-state index is 11.4. The van der Waals surface area contributed by atoms with Crippen molar-refractivity contribution in [2.24, 2.45) is 28.3 Å². The number of hydrogen-bond acceptors (Lipinski definition) is 4. The number of sulfonamides is 1. The lowest BCUT2D eigenvalue weighted by molar-refractivity contribution is 0.128. The van der Waals surface area contributed by atoms with E-state index in [4.69, 9.17) is 9.88 Å². The molecule has 3 aliphatic rings. The first-order valence-corrected chi connectivity index (χ1v) is 8.17. The fourth-order valence-electron chi connectivity index (χ4n) is 3.61. The van der Waals surface area contributed by atoms with Crippen molar-refractivity contribution in [2.75, 3.05) is 6.61 Å². The van der Waals surface area contributed by atoms with E-state index in [0.29, 0.717) is 12.5 Å². The zero-order chi connectivity index (χ0) is 13.4. The van der Waals surface area contributed by atoms with E-state index < -0.39 is 10.0 Å². The van der Waals surface area contributed by atoms with Gasteiger partial charge in [0.2, 0.25) is 15.9 Å². The van der Waals surface area contributed by atoms with Crippen LogP contribution in [-0.2, 0) is 16.6 Å². The van der Waals surface area contributed by atoms with Gasteiger partial charge in [0, 0.05) is 5.41 Å². The number of nitrogens with two attached hydrogens (primary N) is 1. The van der Waals surface area contributed by atoms with E-state index in [2.05, 4.69) is 12.0 Å². The van der Waals surface area contributed by atoms with Gasteiger partial charge < -0.3 is 4.74 Å². The molecule has 0 radical (unpaired) electrons. The molecule has 19 heavy (non-hydrogen) atoms. The topological polar surface area (TPSA) is 87.2 Å². The Balaban J connectivity index is 1.61. The molecule has 3 unspecified atom stereocenters. The van der Waals surface area contributed by atoms with Gasteiger partial charge in [0.25, 0.3) is 0 Å². The Morgan fingerprint density at radius 3 is 2.95 bits per heavy atom. The molecule has 4 rings (SSSR count). The maximum Gasteiger partial charge on any atom is 0.245 e. The summed E-state index contributed by atoms with van der Waals surface area (Å²) >= 11 is 0. The van der Waals surface area contributed by atoms with E-state index in [9.17, 15) is 8.42 Å². The van der Waals surface area contributed by atoms with Crippen LogP contribution in [0.5, 0.6) is 5.88 Å². The smallest absolute Gasteiger partial charge is 0.245 e. The van der Waals surface area contributed by atoms with E-state index in [-0.39, 0.29) is 10.3 Å². The third-order valence-corrected chi connectivity index (χ3v) is 5.86. The molecule has 6 nitrogen and oxygen atoms in total. The zero-order valence-corrected chi connectivity index (χ0v) is 11.6. The van der Waals surface area contributed by atoms with Gasteiger partial charge in [0.1, 0.15) is 0 Å². The molecule has 1 aromatic rings. The van der Waals surface area contributed by atoms with Gasteiger partial charge in [-0.25, -0.2) is 18.2 Å². The van der Waals surface area contributed by atoms with E-state index in [1.165, 1.54) is 19.0 Å². The van der Waals surface area contributed by atoms with Crippen molar-refractivity contribution >= 4 is 10.0 Å². The lowest BCUT2D eigenvalue weighted by Crippen LogP contribution is -2.30. The van der Waals surface area contributed by atoms with Crippen LogP contribution in [0.3, 0.4) is 0 Å². The molecule has 0 aromatic carbocycles. The summed E-state index contributed by atoms with van der Waals surface area (Å²) in [6.45, 7) is 3.64. The average Bonchev–Trinajstić information content (AvgIpc) is 3.14. The molecule has 4 atom stereocenters. The van der Waals surface area contributed by atoms with E-state index in [0.717, 1.165) is 24.3 Å². The Morgan fingerprint density at radius 1 is 1.58 bits per heavy atom. The van der Waals surface area contributed by atoms with E-state index in [1.807, 2.05) is 0 Å². The predicted octanol–water partition coefficient (Wildman–Crippen LogP) is 0.585. The van der Waals surface area contributed by atoms with Crippen LogP contribution in [0.4, 0.5) is 0 Å². The Bertz CT molecular complexity index is 653. The number of ether oxygens (including phenoxy) is 1. The largest absolute Gasteiger partial charge is 0.476 e. The Hall–Kier alpha value is -1.08. The first kappa shape index (κ1) is 11.7. The Labute approximate surface area is 112 Å². The zero-order valence-electron chi connectivity index (χ0n) is 10.7. The highest BCUT2D eigenvalue weighted by molar-refractivity contribution is 7.89. The van der Waals surface area contributed by atoms with Gasteiger partial charge in [-0.05, 0) is 30.6 Å². The van der Waals surface area contributed by atoms with Crippen molar-refractivity contribution in [1.29, 1.82) is 0 Å². The summed E-state index contributed by atoms with van der Waals surface area (Å²) < 4.78 is 30.2. The highest BCUT2D eigenvalue weighted by atomic mass is 32.2. The lowest BCUT2D eigenvalue weighted by atomic mass is 10.0. The molecule has 7 heteroatoms. The lowest BCUT2D eigenvalue weighted by Gasteiger charge is -2.25. The second kappa shape index (κ2) is 3.32. The van der Waals surface area contributed by atoms with Gasteiger partial charge in [0.15, 0.2) is 4.90 Å². The van der Waals surface area contributed by atoms with Crippen LogP contribution in [0, 0.1) is 23.2 Å². The first-order chi connectivity index (χ1) is 8.91. The summed E-state index contributed by atoms with van der Waals surface area (Å²) in [6, 6.07) is 0. The van der Waals surface area contributed by atoms with Gasteiger partial charge in [-0.15, -0.1) is 0 Å². The third kappa shape index (κ3) is 1.64. The molecule has 0 saturated heterocycles. The molecule has 1 spiro atoms. The fourth-order valence-corrected chi connectivity index (χ4v) is 4.21. The molecule has 2 saturated carbocycles. The average molecular weight is 283 g/mol. The Morgan fingerprint density at radius 2 is 2.32 bits per heavy atom. The summed E-state index contributed by atoms with van der Waals surface area (Å²) in [7, 11) is -3.75. The van der Waals surface area contributed by atoms with Crippen LogP contribution in [0.2, 0.25) is 0 Å². The van der Waals surface area contributed by atoms with E-state index >= 15 is 0 Å². The standard InChI is InChI=1S/C12H17N3O3S/c1-7-2-8(7)9-3-12(9)5-15-11(18-6-12)10(4-14-15)19(13,16)17/h4,7-9H,2-3,5-6H2,1H3,(H2,13,16,17)/t7?,8-,9?,12?/m0/s1. The molecular weight excluding hydrogens is 266 g/mol. The molecular formula is C12H17N3O3S. The SMILES string of the molecule is CC1C[C@@H]1C1CC12COc1c(S(N)(=O)=O)cnn1C2. The minimum absolute atomic E-state index is 0.000611. The highest BCUT2D eigenvalue weighted by Gasteiger charge is 2.64. The van der Waals surface area contributed by atoms with Crippen molar-refractivity contribution in [3.05, 3.63) is 6.20 Å². The number of primary sulfonamides is 1. The second-order valence-electron chi connectivity index (χ2n) is 6.36. The number of rotatable bonds is 2. The molecule has 0 amide bonds. The van der Waals surface area contributed by atoms with E-state index in [1.54, 1.807) is 4.68 Å². The number of fused-ring (bicyclic) bond motifs is 1. The monoisotopic (exact) mass is 283 g/mol. The van der Waals surface area contributed by atoms with Crippen LogP contribution >= 0.6 is 0 Å². The van der Waals surface area contributed by atoms with Crippen molar-refractivity contribution in [2.45, 2.75) is 31.2 Å². The van der Waals surface area contributed by atoms with Gasteiger partial charge >= 0.3 is 0 Å². The van der Waals surface area contributed by atoms with Crippen LogP contribution in [0.1, 0.15) is 19.8 Å². The van der Waals surface area contributed by atoms with Gasteiger partial charge in [-0.2, -0.15) is 5.10 Å². The van der Waals surface area contributed by atoms with Crippen LogP contribution in [-0.4, -0.2) is 24.8 Å². The third-order valence-electron chi connectivity index (χ3n) is 4.97. The number of hydrogen-bond donors (Lipinski definition) is 1. The summed E-state index contributed by atoms with van der Waals surface area (Å²) in [5.41, 5.74) is 0.185. The van der Waals surface area contributed by atoms with Crippen molar-refractivity contribution in [1.82, 2.24) is 9.78 Å². The van der Waals surface area contributed by atoms with Crippen molar-refractivity contribution in [3.63, 3.8) is 0 Å². The molecule has 104 valence electrons. The summed E-state index contributed by atoms with van der Waals surface area (Å²) in [5, 5.41) is 9.28. The van der Waals surface area contributed by atoms with Crippen LogP contribution < -0.4 is 9.88 Å². The molecule has 2 N–H and O–H groups in total. The minimum atomic E-state index is -3.75. The van der Waals surface area contributed by atoms with Crippen LogP contribution in [0.15, 0.2) is 11.1 Å². The Kier molecular flexibility index (Phi) is 2.05. The number of nitrogens with zero attached hydrogens (tertiary/aromatic N) is 2. The maximum absolute atomic E-state index is 11.4. The normalized spacial score (nSPS) is 39.8. The van der Waals surface area contributed by atoms with Crippen LogP contribution in [0.25, 0.3) is 0 Å². The van der Waals surface area contributed by atoms with Gasteiger partial charge in [-0.3, -0.25) is 0 Å². The molecule has 1 aliphatic heterocycles. The highest BCUT2D eigenvalue weighted by Crippen LogP contribution is 2.66. The summed E-state index contributed by atoms with van der Waals surface area (Å²) in [5.74, 6) is 2.70. The van der Waals surface area contributed by atoms with Gasteiger partial charge in [0.05, 0.1) is 19.3 Å². The summed E-state index contributed by atoms with van der Waals surface area (Å²) in [6.07, 6.45) is 3.79. The molecule has 2 fully saturated rings.